The van der Waals surface area contributed by atoms with Crippen molar-refractivity contribution in [3.8, 4) is 11.5 Å². The molecule has 0 bridgehead atoms. The van der Waals surface area contributed by atoms with Crippen molar-refractivity contribution >= 4 is 29.2 Å². The van der Waals surface area contributed by atoms with E-state index >= 15 is 0 Å². The second-order valence-electron chi connectivity index (χ2n) is 4.08. The number of imide groups is 1. The van der Waals surface area contributed by atoms with Gasteiger partial charge in [0, 0.05) is 6.07 Å². The number of hydrogen-bond donors (Lipinski definition) is 2. The summed E-state index contributed by atoms with van der Waals surface area (Å²) in [6, 6.07) is 4.38. The first kappa shape index (κ1) is 17.1. The molecule has 116 valence electrons. The van der Waals surface area contributed by atoms with Crippen molar-refractivity contribution in [3.63, 3.8) is 0 Å². The minimum absolute atomic E-state index is 0.412. The van der Waals surface area contributed by atoms with E-state index in [1.54, 1.807) is 18.2 Å². The third-order valence-corrected chi connectivity index (χ3v) is 2.61. The van der Waals surface area contributed by atoms with Crippen LogP contribution in [0.4, 0.5) is 10.5 Å². The van der Waals surface area contributed by atoms with Gasteiger partial charge in [0.25, 0.3) is 0 Å². The maximum Gasteiger partial charge on any atom is 0.326 e. The Morgan fingerprint density at radius 1 is 1.24 bits per heavy atom. The molecule has 0 saturated heterocycles. The molecule has 0 aromatic heterocycles. The largest absolute Gasteiger partial charge is 0.494 e. The summed E-state index contributed by atoms with van der Waals surface area (Å²) in [6.45, 7) is 6.12. The van der Waals surface area contributed by atoms with Crippen LogP contribution in [0.15, 0.2) is 18.2 Å². The molecule has 0 aliphatic heterocycles. The van der Waals surface area contributed by atoms with E-state index in [9.17, 15) is 9.59 Å². The number of halogens is 1. The molecular weight excluding hydrogens is 296 g/mol. The van der Waals surface area contributed by atoms with Crippen LogP contribution in [-0.2, 0) is 4.79 Å². The molecule has 0 aliphatic carbocycles. The molecule has 21 heavy (non-hydrogen) atoms. The summed E-state index contributed by atoms with van der Waals surface area (Å²) in [5.74, 6) is 0.504. The SMILES string of the molecule is CCOc1ccc(OCC)c(NC(=O)NC(=O)C(C)Cl)c1. The molecule has 0 radical (unpaired) electrons. The van der Waals surface area contributed by atoms with Crippen molar-refractivity contribution in [1.29, 1.82) is 0 Å². The van der Waals surface area contributed by atoms with Crippen LogP contribution in [0.2, 0.25) is 0 Å². The zero-order valence-electron chi connectivity index (χ0n) is 12.2. The number of benzene rings is 1. The molecule has 0 heterocycles. The second kappa shape index (κ2) is 8.36. The molecule has 0 aliphatic rings. The van der Waals surface area contributed by atoms with Gasteiger partial charge in [-0.25, -0.2) is 4.79 Å². The number of urea groups is 1. The smallest absolute Gasteiger partial charge is 0.326 e. The molecule has 1 aromatic carbocycles. The van der Waals surface area contributed by atoms with E-state index in [2.05, 4.69) is 10.6 Å². The summed E-state index contributed by atoms with van der Waals surface area (Å²) in [4.78, 5) is 23.1. The number of carbonyl (C=O) groups is 2. The normalized spacial score (nSPS) is 11.4. The van der Waals surface area contributed by atoms with Gasteiger partial charge < -0.3 is 14.8 Å². The van der Waals surface area contributed by atoms with Gasteiger partial charge in [-0.05, 0) is 32.9 Å². The second-order valence-corrected chi connectivity index (χ2v) is 4.74. The number of rotatable bonds is 6. The van der Waals surface area contributed by atoms with E-state index in [1.807, 2.05) is 13.8 Å². The summed E-state index contributed by atoms with van der Waals surface area (Å²) >= 11 is 5.59. The number of carbonyl (C=O) groups excluding carboxylic acids is 2. The lowest BCUT2D eigenvalue weighted by atomic mass is 10.2. The van der Waals surface area contributed by atoms with E-state index < -0.39 is 17.3 Å². The van der Waals surface area contributed by atoms with E-state index in [1.165, 1.54) is 6.92 Å². The number of ether oxygens (including phenoxy) is 2. The molecular formula is C14H19ClN2O4. The van der Waals surface area contributed by atoms with Gasteiger partial charge in [-0.15, -0.1) is 11.6 Å². The van der Waals surface area contributed by atoms with Crippen molar-refractivity contribution in [2.75, 3.05) is 18.5 Å². The Morgan fingerprint density at radius 2 is 1.90 bits per heavy atom. The number of hydrogen-bond acceptors (Lipinski definition) is 4. The lowest BCUT2D eigenvalue weighted by molar-refractivity contribution is -0.119. The Hall–Kier alpha value is -1.95. The predicted molar refractivity (Wildman–Crippen MR) is 81.3 cm³/mol. The predicted octanol–water partition coefficient (Wildman–Crippen LogP) is 2.76. The van der Waals surface area contributed by atoms with Gasteiger partial charge in [0.2, 0.25) is 5.91 Å². The first-order valence-electron chi connectivity index (χ1n) is 6.63. The topological polar surface area (TPSA) is 76.7 Å². The zero-order chi connectivity index (χ0) is 15.8. The molecule has 1 unspecified atom stereocenters. The number of amides is 3. The third kappa shape index (κ3) is 5.51. The van der Waals surface area contributed by atoms with Gasteiger partial charge >= 0.3 is 6.03 Å². The molecule has 6 nitrogen and oxygen atoms in total. The number of alkyl halides is 1. The third-order valence-electron chi connectivity index (χ3n) is 2.41. The molecule has 1 atom stereocenters. The first-order chi connectivity index (χ1) is 9.97. The fourth-order valence-corrected chi connectivity index (χ4v) is 1.56. The molecule has 0 saturated carbocycles. The van der Waals surface area contributed by atoms with E-state index in [0.717, 1.165) is 0 Å². The first-order valence-corrected chi connectivity index (χ1v) is 7.07. The van der Waals surface area contributed by atoms with Crippen LogP contribution in [-0.4, -0.2) is 30.5 Å². The molecule has 3 amide bonds. The maximum atomic E-state index is 11.8. The van der Waals surface area contributed by atoms with Gasteiger partial charge in [-0.3, -0.25) is 10.1 Å². The van der Waals surface area contributed by atoms with Gasteiger partial charge in [0.15, 0.2) is 0 Å². The zero-order valence-corrected chi connectivity index (χ0v) is 13.0. The van der Waals surface area contributed by atoms with Crippen LogP contribution >= 0.6 is 11.6 Å². The van der Waals surface area contributed by atoms with Crippen LogP contribution < -0.4 is 20.1 Å². The highest BCUT2D eigenvalue weighted by Crippen LogP contribution is 2.29. The van der Waals surface area contributed by atoms with Gasteiger partial charge in [0.05, 0.1) is 18.9 Å². The Balaban J connectivity index is 2.85. The maximum absolute atomic E-state index is 11.8. The molecule has 1 aromatic rings. The van der Waals surface area contributed by atoms with E-state index in [0.29, 0.717) is 30.4 Å². The summed E-state index contributed by atoms with van der Waals surface area (Å²) < 4.78 is 10.8. The van der Waals surface area contributed by atoms with Crippen LogP contribution in [0.3, 0.4) is 0 Å². The highest BCUT2D eigenvalue weighted by Gasteiger charge is 2.15. The van der Waals surface area contributed by atoms with Crippen molar-refractivity contribution in [1.82, 2.24) is 5.32 Å². The Bertz CT molecular complexity index is 506. The number of anilines is 1. The quantitative estimate of drug-likeness (QED) is 0.792. The monoisotopic (exact) mass is 314 g/mol. The van der Waals surface area contributed by atoms with Crippen molar-refractivity contribution in [2.24, 2.45) is 0 Å². The Kier molecular flexibility index (Phi) is 6.81. The number of nitrogens with one attached hydrogen (secondary N) is 2. The lowest BCUT2D eigenvalue weighted by Crippen LogP contribution is -2.38. The molecule has 0 spiro atoms. The standard InChI is InChI=1S/C14H19ClN2O4/c1-4-20-10-6-7-12(21-5-2)11(8-10)16-14(19)17-13(18)9(3)15/h6-9H,4-5H2,1-3H3,(H2,16,17,18,19). The van der Waals surface area contributed by atoms with Gasteiger partial charge in [-0.1, -0.05) is 0 Å². The van der Waals surface area contributed by atoms with Crippen molar-refractivity contribution in [2.45, 2.75) is 26.1 Å². The van der Waals surface area contributed by atoms with Crippen molar-refractivity contribution < 1.29 is 19.1 Å². The van der Waals surface area contributed by atoms with Gasteiger partial charge in [-0.2, -0.15) is 0 Å². The molecule has 0 fully saturated rings. The van der Waals surface area contributed by atoms with Crippen LogP contribution in [0.5, 0.6) is 11.5 Å². The van der Waals surface area contributed by atoms with Crippen LogP contribution in [0, 0.1) is 0 Å². The fourth-order valence-electron chi connectivity index (χ4n) is 1.51. The summed E-state index contributed by atoms with van der Waals surface area (Å²) in [7, 11) is 0. The Morgan fingerprint density at radius 3 is 2.48 bits per heavy atom. The average Bonchev–Trinajstić information content (AvgIpc) is 2.42. The van der Waals surface area contributed by atoms with E-state index in [4.69, 9.17) is 21.1 Å². The summed E-state index contributed by atoms with van der Waals surface area (Å²) in [5.41, 5.74) is 0.412. The molecule has 2 N–H and O–H groups in total. The fraction of sp³-hybridized carbons (Fsp3) is 0.429. The van der Waals surface area contributed by atoms with Crippen LogP contribution in [0.1, 0.15) is 20.8 Å². The summed E-state index contributed by atoms with van der Waals surface area (Å²) in [6.07, 6.45) is 0. The lowest BCUT2D eigenvalue weighted by Gasteiger charge is -2.14. The molecule has 1 rings (SSSR count). The summed E-state index contributed by atoms with van der Waals surface area (Å²) in [5, 5.41) is 3.88. The van der Waals surface area contributed by atoms with Crippen LogP contribution in [0.25, 0.3) is 0 Å². The highest BCUT2D eigenvalue weighted by atomic mass is 35.5. The minimum Gasteiger partial charge on any atom is -0.494 e. The average molecular weight is 315 g/mol. The minimum atomic E-state index is -0.795. The van der Waals surface area contributed by atoms with Gasteiger partial charge in [0.1, 0.15) is 16.9 Å². The van der Waals surface area contributed by atoms with Crippen molar-refractivity contribution in [3.05, 3.63) is 18.2 Å². The highest BCUT2D eigenvalue weighted by molar-refractivity contribution is 6.31. The van der Waals surface area contributed by atoms with E-state index in [-0.39, 0.29) is 0 Å². The Labute approximate surface area is 128 Å². The molecule has 7 heteroatoms.